The Morgan fingerprint density at radius 3 is 2.57 bits per heavy atom. The SMILES string of the molecule is CC(=O)Oc1c(C)cc2sc3ccccc3c(=O)c2c1C. The normalized spacial score (nSPS) is 11.0. The number of aryl methyl sites for hydroxylation is 2. The molecule has 0 fully saturated rings. The molecule has 0 saturated carbocycles. The van der Waals surface area contributed by atoms with Crippen molar-refractivity contribution >= 4 is 37.5 Å². The monoisotopic (exact) mass is 298 g/mol. The number of rotatable bonds is 1. The van der Waals surface area contributed by atoms with Gasteiger partial charge in [-0.05, 0) is 37.6 Å². The van der Waals surface area contributed by atoms with Crippen LogP contribution in [0.4, 0.5) is 0 Å². The fraction of sp³-hybridized carbons (Fsp3) is 0.176. The summed E-state index contributed by atoms with van der Waals surface area (Å²) in [7, 11) is 0. The predicted octanol–water partition coefficient (Wildman–Crippen LogP) is 3.96. The lowest BCUT2D eigenvalue weighted by molar-refractivity contribution is -0.131. The van der Waals surface area contributed by atoms with E-state index in [4.69, 9.17) is 4.74 Å². The number of fused-ring (bicyclic) bond motifs is 2. The highest BCUT2D eigenvalue weighted by molar-refractivity contribution is 7.24. The first-order valence-electron chi connectivity index (χ1n) is 6.63. The van der Waals surface area contributed by atoms with Gasteiger partial charge in [0.1, 0.15) is 5.75 Å². The Hall–Kier alpha value is -2.20. The molecular weight excluding hydrogens is 284 g/mol. The molecule has 4 heteroatoms. The van der Waals surface area contributed by atoms with E-state index >= 15 is 0 Å². The first-order valence-corrected chi connectivity index (χ1v) is 7.45. The third-order valence-electron chi connectivity index (χ3n) is 3.49. The van der Waals surface area contributed by atoms with E-state index in [0.717, 1.165) is 20.5 Å². The standard InChI is InChI=1S/C17H14O3S/c1-9-8-14-15(10(2)17(9)20-11(3)18)16(19)12-6-4-5-7-13(12)21-14/h4-8H,1-3H3. The molecule has 0 bridgehead atoms. The smallest absolute Gasteiger partial charge is 0.308 e. The maximum atomic E-state index is 12.7. The molecule has 0 radical (unpaired) electrons. The van der Waals surface area contributed by atoms with Crippen molar-refractivity contribution in [2.75, 3.05) is 0 Å². The highest BCUT2D eigenvalue weighted by Crippen LogP contribution is 2.34. The lowest BCUT2D eigenvalue weighted by atomic mass is 10.0. The third kappa shape index (κ3) is 2.21. The molecule has 21 heavy (non-hydrogen) atoms. The quantitative estimate of drug-likeness (QED) is 0.388. The van der Waals surface area contributed by atoms with E-state index in [1.807, 2.05) is 44.2 Å². The summed E-state index contributed by atoms with van der Waals surface area (Å²) < 4.78 is 7.17. The van der Waals surface area contributed by atoms with Crippen molar-refractivity contribution in [1.29, 1.82) is 0 Å². The molecule has 1 aromatic heterocycles. The van der Waals surface area contributed by atoms with Crippen molar-refractivity contribution in [3.63, 3.8) is 0 Å². The maximum absolute atomic E-state index is 12.7. The van der Waals surface area contributed by atoms with E-state index in [9.17, 15) is 9.59 Å². The average Bonchev–Trinajstić information content (AvgIpc) is 2.43. The van der Waals surface area contributed by atoms with Crippen molar-refractivity contribution in [3.8, 4) is 5.75 Å². The zero-order chi connectivity index (χ0) is 15.1. The number of esters is 1. The van der Waals surface area contributed by atoms with Crippen LogP contribution in [0.3, 0.4) is 0 Å². The van der Waals surface area contributed by atoms with Crippen molar-refractivity contribution in [3.05, 3.63) is 51.7 Å². The second-order valence-electron chi connectivity index (χ2n) is 5.04. The highest BCUT2D eigenvalue weighted by Gasteiger charge is 2.15. The van der Waals surface area contributed by atoms with Crippen molar-refractivity contribution < 1.29 is 9.53 Å². The van der Waals surface area contributed by atoms with Crippen LogP contribution in [0.2, 0.25) is 0 Å². The van der Waals surface area contributed by atoms with Crippen LogP contribution >= 0.6 is 11.3 Å². The molecule has 0 aliphatic rings. The highest BCUT2D eigenvalue weighted by atomic mass is 32.1. The van der Waals surface area contributed by atoms with Crippen molar-refractivity contribution in [1.82, 2.24) is 0 Å². The molecule has 0 unspecified atom stereocenters. The van der Waals surface area contributed by atoms with Gasteiger partial charge in [-0.2, -0.15) is 0 Å². The van der Waals surface area contributed by atoms with Crippen LogP contribution in [-0.4, -0.2) is 5.97 Å². The predicted molar refractivity (Wildman–Crippen MR) is 86.4 cm³/mol. The second-order valence-corrected chi connectivity index (χ2v) is 6.13. The summed E-state index contributed by atoms with van der Waals surface area (Å²) in [6.45, 7) is 5.08. The minimum atomic E-state index is -0.377. The van der Waals surface area contributed by atoms with E-state index in [2.05, 4.69) is 0 Å². The zero-order valence-electron chi connectivity index (χ0n) is 12.0. The number of hydrogen-bond donors (Lipinski definition) is 0. The summed E-state index contributed by atoms with van der Waals surface area (Å²) in [5.41, 5.74) is 1.58. The molecule has 106 valence electrons. The molecule has 3 nitrogen and oxygen atoms in total. The van der Waals surface area contributed by atoms with Crippen molar-refractivity contribution in [2.24, 2.45) is 0 Å². The van der Waals surface area contributed by atoms with Crippen LogP contribution in [0.15, 0.2) is 35.1 Å². The Kier molecular flexibility index (Phi) is 3.26. The molecule has 0 amide bonds. The average molecular weight is 298 g/mol. The molecule has 2 aromatic carbocycles. The van der Waals surface area contributed by atoms with E-state index in [1.165, 1.54) is 6.92 Å². The van der Waals surface area contributed by atoms with E-state index < -0.39 is 0 Å². The van der Waals surface area contributed by atoms with Crippen LogP contribution in [0.5, 0.6) is 5.75 Å². The molecule has 0 saturated heterocycles. The summed E-state index contributed by atoms with van der Waals surface area (Å²) in [6, 6.07) is 9.48. The molecule has 3 rings (SSSR count). The summed E-state index contributed by atoms with van der Waals surface area (Å²) in [5, 5.41) is 1.34. The lowest BCUT2D eigenvalue weighted by Gasteiger charge is -2.12. The fourth-order valence-electron chi connectivity index (χ4n) is 2.59. The van der Waals surface area contributed by atoms with Gasteiger partial charge < -0.3 is 4.74 Å². The van der Waals surface area contributed by atoms with Gasteiger partial charge in [-0.3, -0.25) is 9.59 Å². The van der Waals surface area contributed by atoms with Gasteiger partial charge >= 0.3 is 5.97 Å². The Balaban J connectivity index is 2.47. The number of ether oxygens (including phenoxy) is 1. The molecule has 0 atom stereocenters. The molecular formula is C17H14O3S. The Labute approximate surface area is 125 Å². The Morgan fingerprint density at radius 2 is 1.86 bits per heavy atom. The lowest BCUT2D eigenvalue weighted by Crippen LogP contribution is -2.08. The largest absolute Gasteiger partial charge is 0.426 e. The molecule has 0 aliphatic heterocycles. The van der Waals surface area contributed by atoms with Crippen LogP contribution < -0.4 is 10.2 Å². The fourth-order valence-corrected chi connectivity index (χ4v) is 3.83. The van der Waals surface area contributed by atoms with E-state index in [-0.39, 0.29) is 11.4 Å². The molecule has 1 heterocycles. The molecule has 0 spiro atoms. The van der Waals surface area contributed by atoms with Gasteiger partial charge in [-0.15, -0.1) is 11.3 Å². The van der Waals surface area contributed by atoms with Gasteiger partial charge in [0.05, 0.1) is 0 Å². The van der Waals surface area contributed by atoms with E-state index in [0.29, 0.717) is 16.5 Å². The second kappa shape index (κ2) is 4.97. The molecule has 0 aliphatic carbocycles. The third-order valence-corrected chi connectivity index (χ3v) is 4.61. The van der Waals surface area contributed by atoms with Crippen molar-refractivity contribution in [2.45, 2.75) is 20.8 Å². The minimum absolute atomic E-state index is 0.00903. The number of benzene rings is 2. The van der Waals surface area contributed by atoms with Crippen LogP contribution in [0.1, 0.15) is 18.1 Å². The van der Waals surface area contributed by atoms with Gasteiger partial charge in [-0.1, -0.05) is 12.1 Å². The van der Waals surface area contributed by atoms with Gasteiger partial charge in [-0.25, -0.2) is 0 Å². The topological polar surface area (TPSA) is 43.4 Å². The van der Waals surface area contributed by atoms with Crippen LogP contribution in [0, 0.1) is 13.8 Å². The Bertz CT molecular complexity index is 938. The number of hydrogen-bond acceptors (Lipinski definition) is 4. The van der Waals surface area contributed by atoms with Gasteiger partial charge in [0.15, 0.2) is 5.43 Å². The van der Waals surface area contributed by atoms with E-state index in [1.54, 1.807) is 11.3 Å². The van der Waals surface area contributed by atoms with Crippen LogP contribution in [-0.2, 0) is 4.79 Å². The van der Waals surface area contributed by atoms with Crippen LogP contribution in [0.25, 0.3) is 20.2 Å². The summed E-state index contributed by atoms with van der Waals surface area (Å²) in [4.78, 5) is 24.0. The van der Waals surface area contributed by atoms with Gasteiger partial charge in [0, 0.05) is 32.7 Å². The minimum Gasteiger partial charge on any atom is -0.426 e. The first-order chi connectivity index (χ1) is 9.99. The maximum Gasteiger partial charge on any atom is 0.308 e. The zero-order valence-corrected chi connectivity index (χ0v) is 12.8. The molecule has 0 N–H and O–H groups in total. The number of carbonyl (C=O) groups is 1. The van der Waals surface area contributed by atoms with Gasteiger partial charge in [0.25, 0.3) is 0 Å². The number of carbonyl (C=O) groups excluding carboxylic acids is 1. The first kappa shape index (κ1) is 13.8. The summed E-state index contributed by atoms with van der Waals surface area (Å²) in [5.74, 6) is 0.118. The van der Waals surface area contributed by atoms with Gasteiger partial charge in [0.2, 0.25) is 0 Å². The summed E-state index contributed by atoms with van der Waals surface area (Å²) >= 11 is 1.58. The summed E-state index contributed by atoms with van der Waals surface area (Å²) in [6.07, 6.45) is 0. The Morgan fingerprint density at radius 1 is 1.14 bits per heavy atom. The molecule has 3 aromatic rings.